The van der Waals surface area contributed by atoms with Crippen molar-refractivity contribution in [1.29, 1.82) is 0 Å². The van der Waals surface area contributed by atoms with Crippen LogP contribution in [-0.2, 0) is 6.18 Å². The number of hydrogen-bond acceptors (Lipinski definition) is 3. The van der Waals surface area contributed by atoms with Crippen molar-refractivity contribution in [3.63, 3.8) is 0 Å². The molecule has 0 spiro atoms. The summed E-state index contributed by atoms with van der Waals surface area (Å²) >= 11 is 3.36. The SMILES string of the molecule is Cc1cc(C(NN)c2cnccc2C(F)(F)F)ccc1Br. The van der Waals surface area contributed by atoms with E-state index in [0.29, 0.717) is 5.56 Å². The van der Waals surface area contributed by atoms with Gasteiger partial charge in [-0.05, 0) is 30.2 Å². The predicted molar refractivity (Wildman–Crippen MR) is 77.3 cm³/mol. The van der Waals surface area contributed by atoms with Crippen molar-refractivity contribution >= 4 is 15.9 Å². The second kappa shape index (κ2) is 6.13. The Balaban J connectivity index is 2.54. The first kappa shape index (κ1) is 15.9. The van der Waals surface area contributed by atoms with Crippen LogP contribution in [-0.4, -0.2) is 4.98 Å². The van der Waals surface area contributed by atoms with Gasteiger partial charge in [0, 0.05) is 22.4 Å². The molecule has 0 saturated heterocycles. The van der Waals surface area contributed by atoms with E-state index in [-0.39, 0.29) is 5.56 Å². The minimum atomic E-state index is -4.46. The van der Waals surface area contributed by atoms with Crippen molar-refractivity contribution in [3.8, 4) is 0 Å². The monoisotopic (exact) mass is 359 g/mol. The lowest BCUT2D eigenvalue weighted by Crippen LogP contribution is -2.30. The number of aromatic nitrogens is 1. The van der Waals surface area contributed by atoms with Gasteiger partial charge in [-0.1, -0.05) is 28.1 Å². The van der Waals surface area contributed by atoms with E-state index in [1.807, 2.05) is 6.92 Å². The third-order valence-corrected chi connectivity index (χ3v) is 4.04. The molecular weight excluding hydrogens is 347 g/mol. The summed E-state index contributed by atoms with van der Waals surface area (Å²) in [4.78, 5) is 3.79. The fourth-order valence-corrected chi connectivity index (χ4v) is 2.35. The van der Waals surface area contributed by atoms with Gasteiger partial charge in [0.15, 0.2) is 0 Å². The summed E-state index contributed by atoms with van der Waals surface area (Å²) in [6.07, 6.45) is -2.16. The Hall–Kier alpha value is -1.44. The van der Waals surface area contributed by atoms with Crippen LogP contribution in [0, 0.1) is 6.92 Å². The number of halogens is 4. The molecule has 0 aliphatic heterocycles. The summed E-state index contributed by atoms with van der Waals surface area (Å²) < 4.78 is 40.2. The van der Waals surface area contributed by atoms with Crippen LogP contribution in [0.25, 0.3) is 0 Å². The Kier molecular flexibility index (Phi) is 4.65. The number of pyridine rings is 1. The summed E-state index contributed by atoms with van der Waals surface area (Å²) in [5.41, 5.74) is 3.23. The maximum absolute atomic E-state index is 13.1. The zero-order valence-electron chi connectivity index (χ0n) is 11.1. The first-order valence-electron chi connectivity index (χ1n) is 6.08. The van der Waals surface area contributed by atoms with E-state index in [4.69, 9.17) is 5.84 Å². The number of nitrogens with zero attached hydrogens (tertiary/aromatic N) is 1. The smallest absolute Gasteiger partial charge is 0.271 e. The molecular formula is C14H13BrF3N3. The van der Waals surface area contributed by atoms with Crippen LogP contribution in [0.5, 0.6) is 0 Å². The molecule has 0 amide bonds. The minimum Gasteiger partial charge on any atom is -0.271 e. The van der Waals surface area contributed by atoms with Crippen LogP contribution in [0.3, 0.4) is 0 Å². The molecule has 1 aromatic carbocycles. The molecule has 1 unspecified atom stereocenters. The van der Waals surface area contributed by atoms with E-state index in [0.717, 1.165) is 22.3 Å². The highest BCUT2D eigenvalue weighted by Crippen LogP contribution is 2.36. The second-order valence-corrected chi connectivity index (χ2v) is 5.42. The van der Waals surface area contributed by atoms with Gasteiger partial charge in [-0.3, -0.25) is 10.8 Å². The molecule has 1 heterocycles. The molecule has 0 aliphatic rings. The average Bonchev–Trinajstić information content (AvgIpc) is 2.43. The third-order valence-electron chi connectivity index (χ3n) is 3.15. The predicted octanol–water partition coefficient (Wildman–Crippen LogP) is 3.72. The summed E-state index contributed by atoms with van der Waals surface area (Å²) in [6, 6.07) is 5.43. The summed E-state index contributed by atoms with van der Waals surface area (Å²) in [6.45, 7) is 1.86. The zero-order valence-corrected chi connectivity index (χ0v) is 12.7. The molecule has 0 bridgehead atoms. The molecule has 2 aromatic rings. The molecule has 0 fully saturated rings. The molecule has 0 aliphatic carbocycles. The maximum atomic E-state index is 13.1. The van der Waals surface area contributed by atoms with Gasteiger partial charge in [0.05, 0.1) is 11.6 Å². The normalized spacial score (nSPS) is 13.2. The largest absolute Gasteiger partial charge is 0.416 e. The first-order valence-corrected chi connectivity index (χ1v) is 6.87. The second-order valence-electron chi connectivity index (χ2n) is 4.57. The fourth-order valence-electron chi connectivity index (χ4n) is 2.11. The van der Waals surface area contributed by atoms with Gasteiger partial charge < -0.3 is 0 Å². The van der Waals surface area contributed by atoms with Crippen LogP contribution < -0.4 is 11.3 Å². The number of aryl methyl sites for hydroxylation is 1. The molecule has 21 heavy (non-hydrogen) atoms. The molecule has 3 nitrogen and oxygen atoms in total. The lowest BCUT2D eigenvalue weighted by molar-refractivity contribution is -0.138. The average molecular weight is 360 g/mol. The standard InChI is InChI=1S/C14H13BrF3N3/c1-8-6-9(2-3-12(8)15)13(21-19)10-7-20-5-4-11(10)14(16,17)18/h2-7,13,21H,19H2,1H3. The van der Waals surface area contributed by atoms with Gasteiger partial charge >= 0.3 is 6.18 Å². The highest BCUT2D eigenvalue weighted by molar-refractivity contribution is 9.10. The molecule has 1 atom stereocenters. The van der Waals surface area contributed by atoms with Gasteiger partial charge in [0.25, 0.3) is 0 Å². The summed E-state index contributed by atoms with van der Waals surface area (Å²) in [7, 11) is 0. The third kappa shape index (κ3) is 3.42. The minimum absolute atomic E-state index is 0.00535. The van der Waals surface area contributed by atoms with Crippen LogP contribution in [0.2, 0.25) is 0 Å². The Morgan fingerprint density at radius 2 is 2.00 bits per heavy atom. The number of nitrogens with one attached hydrogen (secondary N) is 1. The van der Waals surface area contributed by atoms with Crippen molar-refractivity contribution in [2.75, 3.05) is 0 Å². The number of nitrogens with two attached hydrogens (primary N) is 1. The van der Waals surface area contributed by atoms with Crippen molar-refractivity contribution < 1.29 is 13.2 Å². The molecule has 0 radical (unpaired) electrons. The number of hydrazine groups is 1. The first-order chi connectivity index (χ1) is 9.84. The van der Waals surface area contributed by atoms with Crippen molar-refractivity contribution in [3.05, 3.63) is 63.4 Å². The Labute approximate surface area is 128 Å². The molecule has 112 valence electrons. The van der Waals surface area contributed by atoms with Gasteiger partial charge in [-0.2, -0.15) is 13.2 Å². The van der Waals surface area contributed by atoms with E-state index in [1.54, 1.807) is 18.2 Å². The van der Waals surface area contributed by atoms with Crippen molar-refractivity contribution in [2.45, 2.75) is 19.1 Å². The van der Waals surface area contributed by atoms with Crippen LogP contribution in [0.15, 0.2) is 41.1 Å². The molecule has 7 heteroatoms. The van der Waals surface area contributed by atoms with Gasteiger partial charge in [0.1, 0.15) is 0 Å². The molecule has 2 rings (SSSR count). The lowest BCUT2D eigenvalue weighted by atomic mass is 9.95. The number of rotatable bonds is 3. The number of benzene rings is 1. The highest BCUT2D eigenvalue weighted by Gasteiger charge is 2.35. The van der Waals surface area contributed by atoms with E-state index in [9.17, 15) is 13.2 Å². The highest BCUT2D eigenvalue weighted by atomic mass is 79.9. The summed E-state index contributed by atoms with van der Waals surface area (Å²) in [5, 5.41) is 0. The Bertz CT molecular complexity index is 644. The van der Waals surface area contributed by atoms with Crippen LogP contribution >= 0.6 is 15.9 Å². The van der Waals surface area contributed by atoms with Crippen LogP contribution in [0.4, 0.5) is 13.2 Å². The van der Waals surface area contributed by atoms with E-state index >= 15 is 0 Å². The Morgan fingerprint density at radius 3 is 2.57 bits per heavy atom. The molecule has 3 N–H and O–H groups in total. The van der Waals surface area contributed by atoms with Crippen LogP contribution in [0.1, 0.15) is 28.3 Å². The lowest BCUT2D eigenvalue weighted by Gasteiger charge is -2.21. The summed E-state index contributed by atoms with van der Waals surface area (Å²) in [5.74, 6) is 5.48. The van der Waals surface area contributed by atoms with Gasteiger partial charge in [-0.15, -0.1) is 0 Å². The van der Waals surface area contributed by atoms with Gasteiger partial charge in [0.2, 0.25) is 0 Å². The fraction of sp³-hybridized carbons (Fsp3) is 0.214. The van der Waals surface area contributed by atoms with Gasteiger partial charge in [-0.25, -0.2) is 5.43 Å². The number of hydrogen-bond donors (Lipinski definition) is 2. The Morgan fingerprint density at radius 1 is 1.29 bits per heavy atom. The van der Waals surface area contributed by atoms with E-state index in [2.05, 4.69) is 26.3 Å². The maximum Gasteiger partial charge on any atom is 0.416 e. The van der Waals surface area contributed by atoms with Crippen molar-refractivity contribution in [1.82, 2.24) is 10.4 Å². The van der Waals surface area contributed by atoms with Crippen molar-refractivity contribution in [2.24, 2.45) is 5.84 Å². The molecule has 1 aromatic heterocycles. The van der Waals surface area contributed by atoms with E-state index in [1.165, 1.54) is 6.20 Å². The van der Waals surface area contributed by atoms with E-state index < -0.39 is 17.8 Å². The quantitative estimate of drug-likeness (QED) is 0.648. The number of alkyl halides is 3. The molecule has 0 saturated carbocycles. The zero-order chi connectivity index (χ0) is 15.6. The topological polar surface area (TPSA) is 50.9 Å².